The van der Waals surface area contributed by atoms with Gasteiger partial charge in [0.15, 0.2) is 5.78 Å². The van der Waals surface area contributed by atoms with Crippen LogP contribution in [0.3, 0.4) is 0 Å². The molecule has 4 aromatic rings. The van der Waals surface area contributed by atoms with Crippen LogP contribution in [0.25, 0.3) is 10.8 Å². The lowest BCUT2D eigenvalue weighted by Crippen LogP contribution is -2.40. The van der Waals surface area contributed by atoms with Gasteiger partial charge in [-0.2, -0.15) is 5.10 Å². The van der Waals surface area contributed by atoms with E-state index in [4.69, 9.17) is 0 Å². The van der Waals surface area contributed by atoms with Crippen LogP contribution in [0.4, 0.5) is 4.39 Å². The Balaban J connectivity index is 1.30. The molecule has 5 nitrogen and oxygen atoms in total. The number of fused-ring (bicyclic) bond motifs is 1. The highest BCUT2D eigenvalue weighted by Gasteiger charge is 2.28. The van der Waals surface area contributed by atoms with Crippen molar-refractivity contribution in [2.24, 2.45) is 5.92 Å². The van der Waals surface area contributed by atoms with Gasteiger partial charge < -0.3 is 4.90 Å². The number of piperidine rings is 1. The number of hydrogen-bond donors (Lipinski definition) is 0. The summed E-state index contributed by atoms with van der Waals surface area (Å²) in [6.07, 6.45) is 4.95. The van der Waals surface area contributed by atoms with Crippen molar-refractivity contribution in [3.63, 3.8) is 0 Å². The number of nitrogens with zero attached hydrogens (tertiary/aromatic N) is 4. The maximum absolute atomic E-state index is 13.2. The van der Waals surface area contributed by atoms with Crippen LogP contribution in [0, 0.1) is 11.7 Å². The van der Waals surface area contributed by atoms with E-state index in [9.17, 15) is 9.18 Å². The SMILES string of the molecule is O=C(c1ccc(F)cc1)C1CCN(CC(c2ccc3ccccc3c2)n2cncn2)CC1. The van der Waals surface area contributed by atoms with Crippen LogP contribution in [0.2, 0.25) is 0 Å². The molecule has 0 amide bonds. The Labute approximate surface area is 186 Å². The number of halogens is 1. The molecule has 32 heavy (non-hydrogen) atoms. The summed E-state index contributed by atoms with van der Waals surface area (Å²) in [6, 6.07) is 20.8. The number of benzene rings is 3. The fourth-order valence-electron chi connectivity index (χ4n) is 4.61. The predicted octanol–water partition coefficient (Wildman–Crippen LogP) is 4.75. The first-order valence-corrected chi connectivity index (χ1v) is 11.0. The van der Waals surface area contributed by atoms with Crippen molar-refractivity contribution in [3.05, 3.63) is 96.3 Å². The van der Waals surface area contributed by atoms with E-state index in [1.54, 1.807) is 24.8 Å². The average Bonchev–Trinajstić information content (AvgIpc) is 3.37. The molecule has 0 saturated carbocycles. The van der Waals surface area contributed by atoms with Gasteiger partial charge in [0.05, 0.1) is 6.04 Å². The molecule has 1 fully saturated rings. The van der Waals surface area contributed by atoms with Crippen molar-refractivity contribution in [2.45, 2.75) is 18.9 Å². The molecule has 0 radical (unpaired) electrons. The van der Waals surface area contributed by atoms with Crippen molar-refractivity contribution in [3.8, 4) is 0 Å². The van der Waals surface area contributed by atoms with Crippen LogP contribution in [-0.4, -0.2) is 45.1 Å². The van der Waals surface area contributed by atoms with Gasteiger partial charge in [-0.3, -0.25) is 4.79 Å². The first-order valence-electron chi connectivity index (χ1n) is 11.0. The van der Waals surface area contributed by atoms with Gasteiger partial charge >= 0.3 is 0 Å². The molecule has 0 N–H and O–H groups in total. The molecule has 1 aliphatic heterocycles. The standard InChI is InChI=1S/C26H25FN4O/c27-24-9-7-20(8-10-24)26(32)21-11-13-30(14-12-21)16-25(31-18-28-17-29-31)23-6-5-19-3-1-2-4-22(19)15-23/h1-10,15,17-18,21,25H,11-14,16H2. The summed E-state index contributed by atoms with van der Waals surface area (Å²) in [7, 11) is 0. The molecule has 1 saturated heterocycles. The molecule has 2 heterocycles. The number of likely N-dealkylation sites (tertiary alicyclic amines) is 1. The van der Waals surface area contributed by atoms with Crippen molar-refractivity contribution in [2.75, 3.05) is 19.6 Å². The monoisotopic (exact) mass is 428 g/mol. The van der Waals surface area contributed by atoms with Crippen LogP contribution in [0.5, 0.6) is 0 Å². The first-order chi connectivity index (χ1) is 15.7. The summed E-state index contributed by atoms with van der Waals surface area (Å²) in [5.41, 5.74) is 1.79. The Kier molecular flexibility index (Phi) is 5.77. The fourth-order valence-corrected chi connectivity index (χ4v) is 4.61. The topological polar surface area (TPSA) is 51.0 Å². The molecular formula is C26H25FN4O. The highest BCUT2D eigenvalue weighted by Crippen LogP contribution is 2.27. The maximum atomic E-state index is 13.2. The lowest BCUT2D eigenvalue weighted by atomic mass is 9.88. The molecule has 1 atom stereocenters. The quantitative estimate of drug-likeness (QED) is 0.416. The van der Waals surface area contributed by atoms with Gasteiger partial charge in [-0.1, -0.05) is 36.4 Å². The zero-order chi connectivity index (χ0) is 21.9. The molecule has 0 bridgehead atoms. The Morgan fingerprint density at radius 2 is 1.75 bits per heavy atom. The van der Waals surface area contributed by atoms with Gasteiger partial charge in [-0.05, 0) is 72.6 Å². The van der Waals surface area contributed by atoms with Crippen LogP contribution in [0.1, 0.15) is 34.8 Å². The summed E-state index contributed by atoms with van der Waals surface area (Å²) in [6.45, 7) is 2.49. The third-order valence-electron chi connectivity index (χ3n) is 6.43. The molecule has 5 rings (SSSR count). The van der Waals surface area contributed by atoms with Gasteiger partial charge in [0.25, 0.3) is 0 Å². The minimum Gasteiger partial charge on any atom is -0.301 e. The number of aromatic nitrogens is 3. The number of hydrogen-bond acceptors (Lipinski definition) is 4. The fraction of sp³-hybridized carbons (Fsp3) is 0.269. The Morgan fingerprint density at radius 1 is 1.00 bits per heavy atom. The Hall–Kier alpha value is -3.38. The van der Waals surface area contributed by atoms with Crippen LogP contribution >= 0.6 is 0 Å². The summed E-state index contributed by atoms with van der Waals surface area (Å²) in [4.78, 5) is 19.4. The van der Waals surface area contributed by atoms with Crippen molar-refractivity contribution in [1.29, 1.82) is 0 Å². The van der Waals surface area contributed by atoms with Gasteiger partial charge in [0, 0.05) is 18.0 Å². The molecule has 0 aliphatic carbocycles. The smallest absolute Gasteiger partial charge is 0.166 e. The second-order valence-corrected chi connectivity index (χ2v) is 8.44. The van der Waals surface area contributed by atoms with Gasteiger partial charge in [-0.15, -0.1) is 0 Å². The average molecular weight is 429 g/mol. The van der Waals surface area contributed by atoms with Crippen molar-refractivity contribution in [1.82, 2.24) is 19.7 Å². The highest BCUT2D eigenvalue weighted by atomic mass is 19.1. The van der Waals surface area contributed by atoms with Crippen molar-refractivity contribution < 1.29 is 9.18 Å². The minimum atomic E-state index is -0.316. The van der Waals surface area contributed by atoms with E-state index in [1.165, 1.54) is 28.5 Å². The van der Waals surface area contributed by atoms with E-state index < -0.39 is 0 Å². The number of ketones is 1. The lowest BCUT2D eigenvalue weighted by molar-refractivity contribution is 0.0831. The Morgan fingerprint density at radius 3 is 2.47 bits per heavy atom. The van der Waals surface area contributed by atoms with Crippen LogP contribution < -0.4 is 0 Å². The molecule has 162 valence electrons. The van der Waals surface area contributed by atoms with Gasteiger partial charge in [0.1, 0.15) is 18.5 Å². The molecular weight excluding hydrogens is 403 g/mol. The minimum absolute atomic E-state index is 0.0119. The maximum Gasteiger partial charge on any atom is 0.166 e. The third kappa shape index (κ3) is 4.32. The van der Waals surface area contributed by atoms with E-state index in [2.05, 4.69) is 51.4 Å². The highest BCUT2D eigenvalue weighted by molar-refractivity contribution is 5.97. The van der Waals surface area contributed by atoms with E-state index in [-0.39, 0.29) is 23.6 Å². The van der Waals surface area contributed by atoms with E-state index in [1.807, 2.05) is 10.7 Å². The second-order valence-electron chi connectivity index (χ2n) is 8.44. The zero-order valence-electron chi connectivity index (χ0n) is 17.8. The number of rotatable bonds is 6. The van der Waals surface area contributed by atoms with Crippen molar-refractivity contribution >= 4 is 16.6 Å². The number of carbonyl (C=O) groups is 1. The molecule has 0 spiro atoms. The second kappa shape index (κ2) is 9.01. The van der Waals surface area contributed by atoms with Gasteiger partial charge in [-0.25, -0.2) is 14.1 Å². The molecule has 1 unspecified atom stereocenters. The van der Waals surface area contributed by atoms with Gasteiger partial charge in [0.2, 0.25) is 0 Å². The zero-order valence-corrected chi connectivity index (χ0v) is 17.8. The summed E-state index contributed by atoms with van der Waals surface area (Å²) >= 11 is 0. The van der Waals surface area contributed by atoms with Crippen LogP contribution in [0.15, 0.2) is 79.4 Å². The molecule has 1 aromatic heterocycles. The molecule has 6 heteroatoms. The Bertz CT molecular complexity index is 1200. The van der Waals surface area contributed by atoms with E-state index >= 15 is 0 Å². The first kappa shape index (κ1) is 20.5. The molecule has 3 aromatic carbocycles. The third-order valence-corrected chi connectivity index (χ3v) is 6.43. The summed E-state index contributed by atoms with van der Waals surface area (Å²) < 4.78 is 15.1. The largest absolute Gasteiger partial charge is 0.301 e. The lowest BCUT2D eigenvalue weighted by Gasteiger charge is -2.34. The van der Waals surface area contributed by atoms with Crippen LogP contribution in [-0.2, 0) is 0 Å². The summed E-state index contributed by atoms with van der Waals surface area (Å²) in [5, 5.41) is 6.85. The summed E-state index contributed by atoms with van der Waals surface area (Å²) in [5.74, 6) is -0.210. The number of carbonyl (C=O) groups excluding carboxylic acids is 1. The normalized spacial score (nSPS) is 16.3. The predicted molar refractivity (Wildman–Crippen MR) is 122 cm³/mol. The van der Waals surface area contributed by atoms with E-state index in [0.717, 1.165) is 32.5 Å². The molecule has 1 aliphatic rings. The number of Topliss-reactive ketones (excluding diaryl/α,β-unsaturated/α-hetero) is 1. The van der Waals surface area contributed by atoms with E-state index in [0.29, 0.717) is 5.56 Å².